The summed E-state index contributed by atoms with van der Waals surface area (Å²) in [7, 11) is -3.24. The highest BCUT2D eigenvalue weighted by Gasteiger charge is 2.25. The third-order valence-electron chi connectivity index (χ3n) is 4.00. The number of aliphatic hydroxyl groups excluding tert-OH is 1. The summed E-state index contributed by atoms with van der Waals surface area (Å²) in [6.07, 6.45) is 0.814. The van der Waals surface area contributed by atoms with Crippen LogP contribution >= 0.6 is 0 Å². The fourth-order valence-electron chi connectivity index (χ4n) is 2.67. The maximum absolute atomic E-state index is 12.4. The van der Waals surface area contributed by atoms with E-state index in [1.165, 1.54) is 0 Å². The van der Waals surface area contributed by atoms with Crippen molar-refractivity contribution < 1.29 is 18.3 Å². The molecule has 3 N–H and O–H groups in total. The first-order chi connectivity index (χ1) is 12.1. The highest BCUT2D eigenvalue weighted by molar-refractivity contribution is 7.90. The average Bonchev–Trinajstić information content (AvgIpc) is 2.53. The van der Waals surface area contributed by atoms with Gasteiger partial charge in [0.15, 0.2) is 0 Å². The Labute approximate surface area is 157 Å². The van der Waals surface area contributed by atoms with E-state index in [1.54, 1.807) is 6.92 Å². The summed E-state index contributed by atoms with van der Waals surface area (Å²) in [5.74, 6) is -0.781. The molecule has 0 aromatic heterocycles. The molecule has 0 radical (unpaired) electrons. The molecule has 0 fully saturated rings. The zero-order chi connectivity index (χ0) is 19.7. The fraction of sp³-hybridized carbons (Fsp3) is 0.632. The van der Waals surface area contributed by atoms with Crippen LogP contribution in [0.15, 0.2) is 30.3 Å². The molecule has 0 saturated carbocycles. The summed E-state index contributed by atoms with van der Waals surface area (Å²) < 4.78 is 22.8. The van der Waals surface area contributed by atoms with Gasteiger partial charge in [-0.2, -0.15) is 0 Å². The Morgan fingerprint density at radius 1 is 1.12 bits per heavy atom. The summed E-state index contributed by atoms with van der Waals surface area (Å²) in [4.78, 5) is 12.4. The molecule has 0 heterocycles. The third-order valence-corrected chi connectivity index (χ3v) is 5.10. The zero-order valence-corrected chi connectivity index (χ0v) is 16.9. The number of carbonyl (C=O) groups excluding carboxylic acids is 1. The molecule has 0 aliphatic carbocycles. The molecule has 0 aliphatic heterocycles. The Morgan fingerprint density at radius 3 is 2.27 bits per heavy atom. The lowest BCUT2D eigenvalue weighted by atomic mass is 10.00. The lowest BCUT2D eigenvalue weighted by Crippen LogP contribution is -2.50. The molecule has 0 aliphatic rings. The van der Waals surface area contributed by atoms with Gasteiger partial charge in [-0.3, -0.25) is 4.79 Å². The molecular formula is C19H32N2O4S. The molecule has 1 rings (SSSR count). The smallest absolute Gasteiger partial charge is 0.224 e. The van der Waals surface area contributed by atoms with Crippen molar-refractivity contribution >= 4 is 15.7 Å². The van der Waals surface area contributed by atoms with E-state index in [1.807, 2.05) is 30.3 Å². The molecule has 1 aromatic carbocycles. The van der Waals surface area contributed by atoms with Crippen LogP contribution in [0.25, 0.3) is 0 Å². The maximum Gasteiger partial charge on any atom is 0.224 e. The van der Waals surface area contributed by atoms with Gasteiger partial charge in [-0.15, -0.1) is 0 Å². The van der Waals surface area contributed by atoms with E-state index in [2.05, 4.69) is 24.5 Å². The summed E-state index contributed by atoms with van der Waals surface area (Å²) in [5.41, 5.74) is 0.997. The van der Waals surface area contributed by atoms with Gasteiger partial charge in [0, 0.05) is 18.7 Å². The largest absolute Gasteiger partial charge is 0.390 e. The molecular weight excluding hydrogens is 352 g/mol. The van der Waals surface area contributed by atoms with Crippen LogP contribution in [0.2, 0.25) is 0 Å². The first-order valence-corrected chi connectivity index (χ1v) is 11.1. The van der Waals surface area contributed by atoms with Crippen LogP contribution in [0.4, 0.5) is 0 Å². The Bertz CT molecular complexity index is 647. The Kier molecular flexibility index (Phi) is 9.25. The monoisotopic (exact) mass is 384 g/mol. The molecule has 0 bridgehead atoms. The van der Waals surface area contributed by atoms with E-state index in [0.717, 1.165) is 18.4 Å². The number of hydrogen-bond acceptors (Lipinski definition) is 5. The standard InChI is InChI=1S/C19H32N2O4S/c1-14(2)11-20-12-18(22)17(10-16-8-6-5-7-9-16)21-19(23)15(3)13-26(4,24)25/h5-9,14-15,17-18,20,22H,10-13H2,1-4H3,(H,21,23)/t15?,17-,18+/m0/s1. The molecule has 1 unspecified atom stereocenters. The van der Waals surface area contributed by atoms with E-state index in [-0.39, 0.29) is 11.7 Å². The minimum absolute atomic E-state index is 0.210. The number of amides is 1. The van der Waals surface area contributed by atoms with Gasteiger partial charge in [-0.05, 0) is 24.4 Å². The average molecular weight is 385 g/mol. The highest BCUT2D eigenvalue weighted by Crippen LogP contribution is 2.09. The zero-order valence-electron chi connectivity index (χ0n) is 16.1. The van der Waals surface area contributed by atoms with E-state index >= 15 is 0 Å². The second-order valence-electron chi connectivity index (χ2n) is 7.42. The van der Waals surface area contributed by atoms with Gasteiger partial charge >= 0.3 is 0 Å². The van der Waals surface area contributed by atoms with Crippen molar-refractivity contribution in [2.75, 3.05) is 25.1 Å². The van der Waals surface area contributed by atoms with Crippen molar-refractivity contribution in [3.63, 3.8) is 0 Å². The Hall–Kier alpha value is -1.44. The van der Waals surface area contributed by atoms with Crippen molar-refractivity contribution in [2.24, 2.45) is 11.8 Å². The minimum atomic E-state index is -3.24. The van der Waals surface area contributed by atoms with Gasteiger partial charge in [-0.25, -0.2) is 8.42 Å². The number of nitrogens with one attached hydrogen (secondary N) is 2. The number of hydrogen-bond donors (Lipinski definition) is 3. The van der Waals surface area contributed by atoms with Gasteiger partial charge < -0.3 is 15.7 Å². The quantitative estimate of drug-likeness (QED) is 0.529. The normalized spacial score (nSPS) is 15.5. The predicted octanol–water partition coefficient (Wildman–Crippen LogP) is 1.00. The summed E-state index contributed by atoms with van der Waals surface area (Å²) in [5, 5.41) is 16.6. The van der Waals surface area contributed by atoms with Gasteiger partial charge in [0.2, 0.25) is 5.91 Å². The van der Waals surface area contributed by atoms with Crippen LogP contribution in [0.3, 0.4) is 0 Å². The van der Waals surface area contributed by atoms with Gasteiger partial charge in [0.1, 0.15) is 9.84 Å². The third kappa shape index (κ3) is 9.31. The van der Waals surface area contributed by atoms with Crippen molar-refractivity contribution in [2.45, 2.75) is 39.3 Å². The number of rotatable bonds is 11. The van der Waals surface area contributed by atoms with Crippen molar-refractivity contribution in [1.82, 2.24) is 10.6 Å². The number of carbonyl (C=O) groups is 1. The maximum atomic E-state index is 12.4. The lowest BCUT2D eigenvalue weighted by Gasteiger charge is -2.26. The second-order valence-corrected chi connectivity index (χ2v) is 9.60. The Balaban J connectivity index is 2.77. The molecule has 6 nitrogen and oxygen atoms in total. The molecule has 0 saturated heterocycles. The number of sulfone groups is 1. The van der Waals surface area contributed by atoms with Crippen LogP contribution in [0.1, 0.15) is 26.3 Å². The highest BCUT2D eigenvalue weighted by atomic mass is 32.2. The molecule has 7 heteroatoms. The number of benzene rings is 1. The van der Waals surface area contributed by atoms with E-state index in [0.29, 0.717) is 18.9 Å². The van der Waals surface area contributed by atoms with Crippen LogP contribution in [0.5, 0.6) is 0 Å². The predicted molar refractivity (Wildman–Crippen MR) is 105 cm³/mol. The van der Waals surface area contributed by atoms with Gasteiger partial charge in [-0.1, -0.05) is 51.1 Å². The summed E-state index contributed by atoms with van der Waals surface area (Å²) in [6.45, 7) is 6.87. The second kappa shape index (κ2) is 10.6. The summed E-state index contributed by atoms with van der Waals surface area (Å²) >= 11 is 0. The molecule has 26 heavy (non-hydrogen) atoms. The van der Waals surface area contributed by atoms with Crippen molar-refractivity contribution in [3.05, 3.63) is 35.9 Å². The van der Waals surface area contributed by atoms with Crippen LogP contribution in [-0.4, -0.2) is 56.7 Å². The lowest BCUT2D eigenvalue weighted by molar-refractivity contribution is -0.125. The number of aliphatic hydroxyl groups is 1. The summed E-state index contributed by atoms with van der Waals surface area (Å²) in [6, 6.07) is 9.10. The Morgan fingerprint density at radius 2 is 1.73 bits per heavy atom. The minimum Gasteiger partial charge on any atom is -0.390 e. The molecule has 148 valence electrons. The van der Waals surface area contributed by atoms with Crippen LogP contribution in [0, 0.1) is 11.8 Å². The van der Waals surface area contributed by atoms with E-state index in [4.69, 9.17) is 0 Å². The SMILES string of the molecule is CC(C)CNC[C@@H](O)[C@H](Cc1ccccc1)NC(=O)C(C)CS(C)(=O)=O. The molecule has 0 spiro atoms. The van der Waals surface area contributed by atoms with Gasteiger partial charge in [0.25, 0.3) is 0 Å². The van der Waals surface area contributed by atoms with Crippen LogP contribution < -0.4 is 10.6 Å². The first kappa shape index (κ1) is 22.6. The van der Waals surface area contributed by atoms with Crippen molar-refractivity contribution in [1.29, 1.82) is 0 Å². The molecule has 1 amide bonds. The van der Waals surface area contributed by atoms with Crippen LogP contribution in [-0.2, 0) is 21.1 Å². The first-order valence-electron chi connectivity index (χ1n) is 8.99. The topological polar surface area (TPSA) is 95.5 Å². The van der Waals surface area contributed by atoms with Crippen molar-refractivity contribution in [3.8, 4) is 0 Å². The van der Waals surface area contributed by atoms with E-state index in [9.17, 15) is 18.3 Å². The van der Waals surface area contributed by atoms with Gasteiger partial charge in [0.05, 0.1) is 17.9 Å². The molecule has 1 aromatic rings. The van der Waals surface area contributed by atoms with E-state index < -0.39 is 27.9 Å². The fourth-order valence-corrected chi connectivity index (χ4v) is 3.73. The molecule has 3 atom stereocenters.